The van der Waals surface area contributed by atoms with Gasteiger partial charge in [0, 0.05) is 12.1 Å². The van der Waals surface area contributed by atoms with Crippen molar-refractivity contribution in [3.8, 4) is 5.75 Å². The fraction of sp³-hybridized carbons (Fsp3) is 0.273. The van der Waals surface area contributed by atoms with Crippen LogP contribution in [0.25, 0.3) is 0 Å². The van der Waals surface area contributed by atoms with Crippen LogP contribution in [0.15, 0.2) is 18.2 Å². The zero-order chi connectivity index (χ0) is 13.5. The van der Waals surface area contributed by atoms with Gasteiger partial charge in [-0.2, -0.15) is 0 Å². The summed E-state index contributed by atoms with van der Waals surface area (Å²) in [5.41, 5.74) is 10.8. The Balaban J connectivity index is 2.36. The van der Waals surface area contributed by atoms with Crippen LogP contribution in [-0.4, -0.2) is 36.7 Å². The molecule has 0 radical (unpaired) electrons. The molecule has 0 saturated heterocycles. The number of rotatable bonds is 6. The largest absolute Gasteiger partial charge is 0.506 e. The third-order valence-electron chi connectivity index (χ3n) is 2.07. The number of nitrogen functional groups attached to an aromatic ring is 1. The van der Waals surface area contributed by atoms with Gasteiger partial charge in [0.15, 0.2) is 0 Å². The number of hydrogen-bond donors (Lipinski definition) is 4. The molecule has 0 unspecified atom stereocenters. The van der Waals surface area contributed by atoms with Crippen molar-refractivity contribution in [3.63, 3.8) is 0 Å². The Hall–Kier alpha value is -2.28. The van der Waals surface area contributed by atoms with Crippen molar-refractivity contribution in [3.05, 3.63) is 23.8 Å². The van der Waals surface area contributed by atoms with E-state index in [4.69, 9.17) is 16.2 Å². The standard InChI is InChI=1S/C11H15N3O4/c12-8-2-1-7(5-9(8)15)11(17)14-3-4-18-6-10(13)16/h1-2,5,15H,3-4,6,12H2,(H2,13,16)(H,14,17). The predicted molar refractivity (Wildman–Crippen MR) is 64.9 cm³/mol. The molecule has 0 aliphatic rings. The highest BCUT2D eigenvalue weighted by Crippen LogP contribution is 2.20. The lowest BCUT2D eigenvalue weighted by atomic mass is 10.2. The Morgan fingerprint density at radius 1 is 1.39 bits per heavy atom. The number of phenolic OH excluding ortho intramolecular Hbond substituents is 1. The van der Waals surface area contributed by atoms with Gasteiger partial charge >= 0.3 is 0 Å². The number of aromatic hydroxyl groups is 1. The molecule has 98 valence electrons. The van der Waals surface area contributed by atoms with Gasteiger partial charge in [-0.15, -0.1) is 0 Å². The van der Waals surface area contributed by atoms with Crippen LogP contribution in [0, 0.1) is 0 Å². The number of primary amides is 1. The highest BCUT2D eigenvalue weighted by atomic mass is 16.5. The quantitative estimate of drug-likeness (QED) is 0.300. The molecule has 6 N–H and O–H groups in total. The molecule has 0 bridgehead atoms. The maximum absolute atomic E-state index is 11.6. The minimum atomic E-state index is -0.565. The summed E-state index contributed by atoms with van der Waals surface area (Å²) in [6.45, 7) is 0.228. The minimum Gasteiger partial charge on any atom is -0.506 e. The van der Waals surface area contributed by atoms with Crippen molar-refractivity contribution in [1.82, 2.24) is 5.32 Å². The SMILES string of the molecule is NC(=O)COCCNC(=O)c1ccc(N)c(O)c1. The first-order valence-electron chi connectivity index (χ1n) is 5.23. The van der Waals surface area contributed by atoms with Gasteiger partial charge in [0.1, 0.15) is 12.4 Å². The lowest BCUT2D eigenvalue weighted by Crippen LogP contribution is -2.28. The molecule has 0 heterocycles. The maximum atomic E-state index is 11.6. The Morgan fingerprint density at radius 3 is 2.72 bits per heavy atom. The van der Waals surface area contributed by atoms with Crippen LogP contribution in [0.1, 0.15) is 10.4 Å². The summed E-state index contributed by atoms with van der Waals surface area (Å²) in [6.07, 6.45) is 0. The summed E-state index contributed by atoms with van der Waals surface area (Å²) in [7, 11) is 0. The second kappa shape index (κ2) is 6.45. The highest BCUT2D eigenvalue weighted by Gasteiger charge is 2.07. The van der Waals surface area contributed by atoms with Crippen LogP contribution < -0.4 is 16.8 Å². The zero-order valence-electron chi connectivity index (χ0n) is 9.68. The Bertz CT molecular complexity index is 448. The Kier molecular flexibility index (Phi) is 4.94. The van der Waals surface area contributed by atoms with E-state index in [1.807, 2.05) is 0 Å². The average Bonchev–Trinajstić information content (AvgIpc) is 2.31. The lowest BCUT2D eigenvalue weighted by molar-refractivity contribution is -0.122. The van der Waals surface area contributed by atoms with Gasteiger partial charge in [0.25, 0.3) is 5.91 Å². The number of nitrogens with one attached hydrogen (secondary N) is 1. The molecule has 0 atom stereocenters. The normalized spacial score (nSPS) is 10.0. The maximum Gasteiger partial charge on any atom is 0.251 e. The van der Waals surface area contributed by atoms with E-state index in [1.54, 1.807) is 0 Å². The first kappa shape index (κ1) is 13.8. The van der Waals surface area contributed by atoms with E-state index in [9.17, 15) is 14.7 Å². The molecular weight excluding hydrogens is 238 g/mol. The average molecular weight is 253 g/mol. The molecule has 18 heavy (non-hydrogen) atoms. The molecule has 1 aromatic carbocycles. The number of ether oxygens (including phenoxy) is 1. The third-order valence-corrected chi connectivity index (χ3v) is 2.07. The van der Waals surface area contributed by atoms with Gasteiger partial charge in [0.05, 0.1) is 12.3 Å². The molecule has 0 aliphatic heterocycles. The number of nitrogens with two attached hydrogens (primary N) is 2. The van der Waals surface area contributed by atoms with Crippen molar-refractivity contribution in [2.45, 2.75) is 0 Å². The number of carbonyl (C=O) groups excluding carboxylic acids is 2. The number of benzene rings is 1. The minimum absolute atomic E-state index is 0.146. The fourth-order valence-corrected chi connectivity index (χ4v) is 1.20. The molecule has 0 aliphatic carbocycles. The first-order valence-corrected chi connectivity index (χ1v) is 5.23. The molecule has 7 nitrogen and oxygen atoms in total. The van der Waals surface area contributed by atoms with Gasteiger partial charge in [-0.25, -0.2) is 0 Å². The van der Waals surface area contributed by atoms with Gasteiger partial charge < -0.3 is 26.6 Å². The molecule has 0 spiro atoms. The number of amides is 2. The first-order chi connectivity index (χ1) is 8.50. The van der Waals surface area contributed by atoms with E-state index in [2.05, 4.69) is 5.32 Å². The van der Waals surface area contributed by atoms with Crippen LogP contribution >= 0.6 is 0 Å². The van der Waals surface area contributed by atoms with Crippen LogP contribution in [0.3, 0.4) is 0 Å². The second-order valence-electron chi connectivity index (χ2n) is 3.55. The van der Waals surface area contributed by atoms with E-state index in [0.717, 1.165) is 0 Å². The van der Waals surface area contributed by atoms with Crippen molar-refractivity contribution in [2.24, 2.45) is 5.73 Å². The molecule has 7 heteroatoms. The Labute approximate surface area is 104 Å². The monoisotopic (exact) mass is 253 g/mol. The summed E-state index contributed by atoms with van der Waals surface area (Å²) in [6, 6.07) is 4.21. The van der Waals surface area contributed by atoms with Gasteiger partial charge in [-0.1, -0.05) is 0 Å². The fourth-order valence-electron chi connectivity index (χ4n) is 1.20. The lowest BCUT2D eigenvalue weighted by Gasteiger charge is -2.06. The van der Waals surface area contributed by atoms with Crippen LogP contribution in [0.5, 0.6) is 5.75 Å². The van der Waals surface area contributed by atoms with Crippen LogP contribution in [0.4, 0.5) is 5.69 Å². The summed E-state index contributed by atoms with van der Waals surface area (Å²) in [5, 5.41) is 11.9. The summed E-state index contributed by atoms with van der Waals surface area (Å²) in [4.78, 5) is 22.0. The zero-order valence-corrected chi connectivity index (χ0v) is 9.68. The predicted octanol–water partition coefficient (Wildman–Crippen LogP) is -0.794. The smallest absolute Gasteiger partial charge is 0.251 e. The summed E-state index contributed by atoms with van der Waals surface area (Å²) >= 11 is 0. The van der Waals surface area contributed by atoms with Crippen LogP contribution in [-0.2, 0) is 9.53 Å². The van der Waals surface area contributed by atoms with Crippen molar-refractivity contribution >= 4 is 17.5 Å². The summed E-state index contributed by atoms with van der Waals surface area (Å²) < 4.78 is 4.87. The van der Waals surface area contributed by atoms with E-state index < -0.39 is 5.91 Å². The number of hydrogen-bond acceptors (Lipinski definition) is 5. The molecular formula is C11H15N3O4. The van der Waals surface area contributed by atoms with E-state index in [-0.39, 0.29) is 42.7 Å². The number of carbonyl (C=O) groups is 2. The van der Waals surface area contributed by atoms with E-state index in [0.29, 0.717) is 0 Å². The number of anilines is 1. The number of phenols is 1. The van der Waals surface area contributed by atoms with E-state index >= 15 is 0 Å². The van der Waals surface area contributed by atoms with Gasteiger partial charge in [-0.05, 0) is 18.2 Å². The highest BCUT2D eigenvalue weighted by molar-refractivity contribution is 5.95. The van der Waals surface area contributed by atoms with Crippen molar-refractivity contribution in [1.29, 1.82) is 0 Å². The van der Waals surface area contributed by atoms with Gasteiger partial charge in [0.2, 0.25) is 5.91 Å². The molecule has 0 fully saturated rings. The second-order valence-corrected chi connectivity index (χ2v) is 3.55. The molecule has 1 aromatic rings. The molecule has 0 saturated carbocycles. The topological polar surface area (TPSA) is 128 Å². The van der Waals surface area contributed by atoms with Crippen molar-refractivity contribution < 1.29 is 19.4 Å². The van der Waals surface area contributed by atoms with Crippen LogP contribution in [0.2, 0.25) is 0 Å². The molecule has 2 amide bonds. The Morgan fingerprint density at radius 2 is 2.11 bits per heavy atom. The molecule has 1 rings (SSSR count). The van der Waals surface area contributed by atoms with Gasteiger partial charge in [-0.3, -0.25) is 9.59 Å². The third kappa shape index (κ3) is 4.30. The van der Waals surface area contributed by atoms with E-state index in [1.165, 1.54) is 18.2 Å². The molecule has 0 aromatic heterocycles. The van der Waals surface area contributed by atoms with Crippen molar-refractivity contribution in [2.75, 3.05) is 25.5 Å². The summed E-state index contributed by atoms with van der Waals surface area (Å²) in [5.74, 6) is -1.08.